The molecule has 244 valence electrons. The number of ether oxygens (including phenoxy) is 1. The maximum atomic E-state index is 11.7. The van der Waals surface area contributed by atoms with Crippen LogP contribution in [0.25, 0.3) is 0 Å². The fourth-order valence-corrected chi connectivity index (χ4v) is 6.30. The van der Waals surface area contributed by atoms with Gasteiger partial charge in [-0.2, -0.15) is 4.98 Å². The standard InChI is InChI=1S/C30H39ClN8O4S.ClH/c1-43-27-19-22(38-13-9-21(10-14-38)39-17-15-37(16-18-39)12-11-28(40)41)7-8-26(27)34-30-32-20-23(31)29(35-30)33-24-5-3-4-6-25(24)36-44(2)42;/h3-8,19-21,36H,9-18H2,1-2H3,(H,40,41)(H2,32,33,34,35);1H. The topological polar surface area (TPSA) is 141 Å². The molecule has 0 saturated carbocycles. The van der Waals surface area contributed by atoms with Gasteiger partial charge in [-0.25, -0.2) is 9.71 Å². The number of halogens is 2. The number of methoxy groups -OCH3 is 1. The van der Waals surface area contributed by atoms with E-state index in [1.807, 2.05) is 36.4 Å². The Bertz CT molecular complexity index is 1420. The normalized spacial score (nSPS) is 16.8. The van der Waals surface area contributed by atoms with Crippen LogP contribution in [0.4, 0.5) is 34.5 Å². The van der Waals surface area contributed by atoms with Gasteiger partial charge in [0.05, 0.1) is 42.5 Å². The summed E-state index contributed by atoms with van der Waals surface area (Å²) < 4.78 is 20.4. The molecule has 2 saturated heterocycles. The van der Waals surface area contributed by atoms with Crippen molar-refractivity contribution >= 4 is 75.9 Å². The lowest BCUT2D eigenvalue weighted by atomic mass is 10.0. The quantitative estimate of drug-likeness (QED) is 0.195. The van der Waals surface area contributed by atoms with Crippen LogP contribution >= 0.6 is 24.0 Å². The van der Waals surface area contributed by atoms with Gasteiger partial charge in [-0.15, -0.1) is 12.4 Å². The number of nitrogens with zero attached hydrogens (tertiary/aromatic N) is 5. The fourth-order valence-electron chi connectivity index (χ4n) is 5.67. The largest absolute Gasteiger partial charge is 0.593 e. The molecule has 1 aromatic heterocycles. The van der Waals surface area contributed by atoms with Gasteiger partial charge in [0, 0.05) is 63.6 Å². The minimum absolute atomic E-state index is 0. The van der Waals surface area contributed by atoms with Gasteiger partial charge in [-0.05, 0) is 37.1 Å². The number of piperazine rings is 1. The molecule has 3 aromatic rings. The Labute approximate surface area is 278 Å². The van der Waals surface area contributed by atoms with Gasteiger partial charge in [0.1, 0.15) is 22.7 Å². The lowest BCUT2D eigenvalue weighted by Gasteiger charge is -2.43. The molecular weight excluding hydrogens is 639 g/mol. The predicted molar refractivity (Wildman–Crippen MR) is 183 cm³/mol. The van der Waals surface area contributed by atoms with E-state index >= 15 is 0 Å². The second-order valence-electron chi connectivity index (χ2n) is 10.9. The van der Waals surface area contributed by atoms with Gasteiger partial charge < -0.3 is 34.8 Å². The Balaban J connectivity index is 0.00000461. The molecular formula is C30H40Cl2N8O4S. The number of hydrogen-bond donors (Lipinski definition) is 4. The van der Waals surface area contributed by atoms with Crippen molar-refractivity contribution in [1.82, 2.24) is 19.8 Å². The van der Waals surface area contributed by atoms with Crippen LogP contribution in [0.2, 0.25) is 5.02 Å². The second-order valence-corrected chi connectivity index (χ2v) is 12.4. The third-order valence-electron chi connectivity index (χ3n) is 8.00. The summed E-state index contributed by atoms with van der Waals surface area (Å²) in [4.78, 5) is 27.0. The van der Waals surface area contributed by atoms with Crippen molar-refractivity contribution in [2.24, 2.45) is 0 Å². The van der Waals surface area contributed by atoms with Crippen molar-refractivity contribution in [3.63, 3.8) is 0 Å². The summed E-state index contributed by atoms with van der Waals surface area (Å²) in [6, 6.07) is 14.0. The highest BCUT2D eigenvalue weighted by Gasteiger charge is 2.28. The van der Waals surface area contributed by atoms with Gasteiger partial charge in [0.2, 0.25) is 5.95 Å². The van der Waals surface area contributed by atoms with Crippen molar-refractivity contribution in [2.75, 3.05) is 79.4 Å². The molecule has 1 atom stereocenters. The Morgan fingerprint density at radius 2 is 1.78 bits per heavy atom. The SMILES string of the molecule is COc1cc(N2CCC(N3CCN(CCC(=O)O)CC3)CC2)ccc1Nc1ncc(Cl)c(Nc2ccccc2N[S+](C)[O-])n1.Cl. The number of para-hydroxylation sites is 2. The van der Waals surface area contributed by atoms with Crippen molar-refractivity contribution < 1.29 is 19.2 Å². The van der Waals surface area contributed by atoms with E-state index in [4.69, 9.17) is 21.4 Å². The Morgan fingerprint density at radius 1 is 1.07 bits per heavy atom. The number of nitrogens with one attached hydrogen (secondary N) is 3. The molecule has 12 nitrogen and oxygen atoms in total. The van der Waals surface area contributed by atoms with E-state index in [2.05, 4.69) is 46.1 Å². The Hall–Kier alpha value is -3.20. The first-order valence-corrected chi connectivity index (χ1v) is 16.6. The van der Waals surface area contributed by atoms with E-state index in [9.17, 15) is 9.35 Å². The third kappa shape index (κ3) is 9.41. The lowest BCUT2D eigenvalue weighted by molar-refractivity contribution is -0.137. The van der Waals surface area contributed by atoms with Crippen molar-refractivity contribution in [2.45, 2.75) is 25.3 Å². The molecule has 0 aliphatic carbocycles. The summed E-state index contributed by atoms with van der Waals surface area (Å²) in [7, 11) is 1.64. The molecule has 2 aliphatic rings. The van der Waals surface area contributed by atoms with Gasteiger partial charge >= 0.3 is 5.97 Å². The van der Waals surface area contributed by atoms with E-state index < -0.39 is 17.3 Å². The van der Waals surface area contributed by atoms with Crippen molar-refractivity contribution in [3.05, 3.63) is 53.7 Å². The van der Waals surface area contributed by atoms with E-state index in [0.717, 1.165) is 63.5 Å². The number of aliphatic carboxylic acids is 1. The van der Waals surface area contributed by atoms with Gasteiger partial charge in [-0.3, -0.25) is 9.69 Å². The highest BCUT2D eigenvalue weighted by atomic mass is 35.5. The Morgan fingerprint density at radius 3 is 2.44 bits per heavy atom. The fraction of sp³-hybridized carbons (Fsp3) is 0.433. The molecule has 5 rings (SSSR count). The monoisotopic (exact) mass is 678 g/mol. The van der Waals surface area contributed by atoms with Crippen LogP contribution in [0.1, 0.15) is 19.3 Å². The number of anilines is 6. The van der Waals surface area contributed by atoms with Crippen molar-refractivity contribution in [1.29, 1.82) is 0 Å². The molecule has 15 heteroatoms. The average Bonchev–Trinajstić information content (AvgIpc) is 3.03. The van der Waals surface area contributed by atoms with Crippen LogP contribution < -0.4 is 25.0 Å². The molecule has 2 aromatic carbocycles. The van der Waals surface area contributed by atoms with Crippen LogP contribution in [0.5, 0.6) is 5.75 Å². The number of carboxylic acid groups (broad SMARTS) is 1. The zero-order chi connectivity index (χ0) is 31.1. The molecule has 45 heavy (non-hydrogen) atoms. The summed E-state index contributed by atoms with van der Waals surface area (Å²) in [5, 5.41) is 15.8. The highest BCUT2D eigenvalue weighted by molar-refractivity contribution is 7.92. The number of piperidine rings is 1. The molecule has 0 spiro atoms. The number of rotatable bonds is 12. The molecule has 0 radical (unpaired) electrons. The molecule has 2 aliphatic heterocycles. The minimum Gasteiger partial charge on any atom is -0.593 e. The van der Waals surface area contributed by atoms with Crippen LogP contribution in [-0.4, -0.2) is 101 Å². The highest BCUT2D eigenvalue weighted by Crippen LogP contribution is 2.34. The summed E-state index contributed by atoms with van der Waals surface area (Å²) in [5.41, 5.74) is 3.16. The number of carboxylic acids is 1. The lowest BCUT2D eigenvalue weighted by Crippen LogP contribution is -2.53. The van der Waals surface area contributed by atoms with E-state index in [-0.39, 0.29) is 18.8 Å². The second kappa shape index (κ2) is 16.4. The zero-order valence-corrected chi connectivity index (χ0v) is 27.8. The molecule has 0 bridgehead atoms. The molecule has 2 fully saturated rings. The van der Waals surface area contributed by atoms with Crippen molar-refractivity contribution in [3.8, 4) is 5.75 Å². The van der Waals surface area contributed by atoms with Crippen LogP contribution in [0.3, 0.4) is 0 Å². The first kappa shape index (κ1) is 34.7. The molecule has 3 heterocycles. The average molecular weight is 680 g/mol. The predicted octanol–water partition coefficient (Wildman–Crippen LogP) is 4.81. The smallest absolute Gasteiger partial charge is 0.304 e. The third-order valence-corrected chi connectivity index (χ3v) is 8.79. The van der Waals surface area contributed by atoms with Gasteiger partial charge in [0.25, 0.3) is 0 Å². The zero-order valence-electron chi connectivity index (χ0n) is 25.4. The summed E-state index contributed by atoms with van der Waals surface area (Å²) in [6.07, 6.45) is 5.46. The Kier molecular flexibility index (Phi) is 12.6. The summed E-state index contributed by atoms with van der Waals surface area (Å²) in [5.74, 6) is 0.691. The number of benzene rings is 2. The van der Waals surface area contributed by atoms with Gasteiger partial charge in [0.15, 0.2) is 5.82 Å². The maximum Gasteiger partial charge on any atom is 0.304 e. The maximum absolute atomic E-state index is 11.7. The van der Waals surface area contributed by atoms with E-state index in [1.54, 1.807) is 13.4 Å². The molecule has 4 N–H and O–H groups in total. The minimum atomic E-state index is -1.24. The number of hydrogen-bond acceptors (Lipinski definition) is 11. The van der Waals surface area contributed by atoms with Crippen LogP contribution in [0, 0.1) is 0 Å². The first-order valence-electron chi connectivity index (χ1n) is 14.7. The summed E-state index contributed by atoms with van der Waals surface area (Å²) >= 11 is 5.17. The van der Waals surface area contributed by atoms with Gasteiger partial charge in [-0.1, -0.05) is 23.7 Å². The number of carbonyl (C=O) groups is 1. The summed E-state index contributed by atoms with van der Waals surface area (Å²) in [6.45, 7) is 6.39. The molecule has 0 amide bonds. The number of aromatic nitrogens is 2. The van der Waals surface area contributed by atoms with Crippen LogP contribution in [-0.2, 0) is 16.2 Å². The van der Waals surface area contributed by atoms with Crippen LogP contribution in [0.15, 0.2) is 48.7 Å². The first-order chi connectivity index (χ1) is 21.3. The molecule has 1 unspecified atom stereocenters. The van der Waals surface area contributed by atoms with E-state index in [1.165, 1.54) is 6.20 Å². The van der Waals surface area contributed by atoms with E-state index in [0.29, 0.717) is 46.5 Å².